The molecular formula is C31H31F3N2O7. The standard InChI is InChI=1S/C31H31F3N2O7/c1-39-24-10-8-20(9-11-24)25(21-6-5-7-23(16-21)31(32,33)34)19-28(37)43-36-14-12-35(13-15-36)30(38)22-17-26(40-2)29(42-4)27(18-22)41-3/h5-11,16-19H,12-15H2,1-4H3/b25-19-. The maximum Gasteiger partial charge on any atom is 0.416 e. The Balaban J connectivity index is 1.49. The summed E-state index contributed by atoms with van der Waals surface area (Å²) in [4.78, 5) is 33.3. The lowest BCUT2D eigenvalue weighted by Crippen LogP contribution is -2.49. The fraction of sp³-hybridized carbons (Fsp3) is 0.290. The van der Waals surface area contributed by atoms with Crippen LogP contribution in [0.3, 0.4) is 0 Å². The smallest absolute Gasteiger partial charge is 0.416 e. The second kappa shape index (κ2) is 13.5. The van der Waals surface area contributed by atoms with Gasteiger partial charge in [-0.25, -0.2) is 4.79 Å². The van der Waals surface area contributed by atoms with E-state index in [1.165, 1.54) is 45.6 Å². The number of ether oxygens (including phenoxy) is 4. The molecule has 0 saturated carbocycles. The lowest BCUT2D eigenvalue weighted by molar-refractivity contribution is -0.189. The van der Waals surface area contributed by atoms with Crippen LogP contribution in [0.5, 0.6) is 23.0 Å². The Morgan fingerprint density at radius 2 is 1.37 bits per heavy atom. The number of nitrogens with zero attached hydrogens (tertiary/aromatic N) is 2. The monoisotopic (exact) mass is 600 g/mol. The van der Waals surface area contributed by atoms with Gasteiger partial charge in [-0.3, -0.25) is 4.79 Å². The predicted molar refractivity (Wildman–Crippen MR) is 151 cm³/mol. The lowest BCUT2D eigenvalue weighted by Gasteiger charge is -2.33. The highest BCUT2D eigenvalue weighted by Gasteiger charge is 2.31. The molecule has 0 radical (unpaired) electrons. The van der Waals surface area contributed by atoms with Gasteiger partial charge in [-0.15, -0.1) is 5.06 Å². The number of alkyl halides is 3. The van der Waals surface area contributed by atoms with E-state index in [0.717, 1.165) is 18.2 Å². The van der Waals surface area contributed by atoms with Crippen LogP contribution in [-0.4, -0.2) is 76.5 Å². The molecule has 1 saturated heterocycles. The van der Waals surface area contributed by atoms with Crippen LogP contribution < -0.4 is 18.9 Å². The number of hydrogen-bond acceptors (Lipinski definition) is 8. The second-order valence-electron chi connectivity index (χ2n) is 9.41. The molecule has 0 unspecified atom stereocenters. The minimum absolute atomic E-state index is 0.192. The molecule has 3 aromatic carbocycles. The van der Waals surface area contributed by atoms with Crippen LogP contribution in [0.1, 0.15) is 27.0 Å². The average molecular weight is 601 g/mol. The van der Waals surface area contributed by atoms with Gasteiger partial charge < -0.3 is 28.7 Å². The highest BCUT2D eigenvalue weighted by molar-refractivity contribution is 5.97. The van der Waals surface area contributed by atoms with E-state index in [4.69, 9.17) is 23.8 Å². The number of rotatable bonds is 9. The summed E-state index contributed by atoms with van der Waals surface area (Å²) in [6, 6.07) is 14.4. The van der Waals surface area contributed by atoms with Gasteiger partial charge in [-0.1, -0.05) is 24.3 Å². The minimum Gasteiger partial charge on any atom is -0.497 e. The molecule has 0 aromatic heterocycles. The molecule has 1 aliphatic heterocycles. The van der Waals surface area contributed by atoms with Crippen LogP contribution in [0.4, 0.5) is 13.2 Å². The molecular weight excluding hydrogens is 569 g/mol. The van der Waals surface area contributed by atoms with E-state index in [1.807, 2.05) is 0 Å². The van der Waals surface area contributed by atoms with Crippen LogP contribution in [-0.2, 0) is 15.8 Å². The second-order valence-corrected chi connectivity index (χ2v) is 9.41. The third-order valence-corrected chi connectivity index (χ3v) is 6.82. The van der Waals surface area contributed by atoms with Crippen LogP contribution in [0.15, 0.2) is 66.7 Å². The van der Waals surface area contributed by atoms with Crippen LogP contribution in [0.2, 0.25) is 0 Å². The van der Waals surface area contributed by atoms with Gasteiger partial charge in [0.15, 0.2) is 11.5 Å². The van der Waals surface area contributed by atoms with E-state index in [2.05, 4.69) is 0 Å². The number of piperazine rings is 1. The summed E-state index contributed by atoms with van der Waals surface area (Å²) in [7, 11) is 5.88. The van der Waals surface area contributed by atoms with E-state index < -0.39 is 17.7 Å². The van der Waals surface area contributed by atoms with E-state index in [-0.39, 0.29) is 43.2 Å². The number of hydroxylamine groups is 2. The molecule has 12 heteroatoms. The van der Waals surface area contributed by atoms with Crippen molar-refractivity contribution in [2.75, 3.05) is 54.6 Å². The first-order chi connectivity index (χ1) is 20.6. The fourth-order valence-corrected chi connectivity index (χ4v) is 4.61. The summed E-state index contributed by atoms with van der Waals surface area (Å²) >= 11 is 0. The van der Waals surface area contributed by atoms with Gasteiger partial charge >= 0.3 is 12.1 Å². The van der Waals surface area contributed by atoms with Crippen molar-refractivity contribution in [1.82, 2.24) is 9.96 Å². The van der Waals surface area contributed by atoms with Crippen LogP contribution in [0.25, 0.3) is 5.57 Å². The molecule has 1 amide bonds. The molecule has 0 aliphatic carbocycles. The molecule has 43 heavy (non-hydrogen) atoms. The normalized spacial score (nSPS) is 14.2. The number of amides is 1. The van der Waals surface area contributed by atoms with Gasteiger partial charge in [0, 0.05) is 24.7 Å². The SMILES string of the molecule is COc1ccc(/C(=C/C(=O)ON2CCN(C(=O)c3cc(OC)c(OC)c(OC)c3)CC2)c2cccc(C(F)(F)F)c2)cc1. The van der Waals surface area contributed by atoms with Crippen molar-refractivity contribution >= 4 is 17.4 Å². The third-order valence-electron chi connectivity index (χ3n) is 6.82. The van der Waals surface area contributed by atoms with Crippen LogP contribution >= 0.6 is 0 Å². The van der Waals surface area contributed by atoms with Crippen molar-refractivity contribution in [1.29, 1.82) is 0 Å². The third kappa shape index (κ3) is 7.39. The van der Waals surface area contributed by atoms with Crippen molar-refractivity contribution < 1.29 is 46.5 Å². The average Bonchev–Trinajstić information content (AvgIpc) is 3.02. The molecule has 0 spiro atoms. The van der Waals surface area contributed by atoms with Crippen molar-refractivity contribution in [3.8, 4) is 23.0 Å². The Labute approximate surface area is 246 Å². The largest absolute Gasteiger partial charge is 0.497 e. The maximum atomic E-state index is 13.4. The summed E-state index contributed by atoms with van der Waals surface area (Å²) in [6.07, 6.45) is -3.40. The quantitative estimate of drug-likeness (QED) is 0.314. The Morgan fingerprint density at radius 3 is 1.91 bits per heavy atom. The van der Waals surface area contributed by atoms with E-state index >= 15 is 0 Å². The number of halogens is 3. The molecule has 9 nitrogen and oxygen atoms in total. The van der Waals surface area contributed by atoms with Crippen molar-refractivity contribution in [2.45, 2.75) is 6.18 Å². The molecule has 1 aliphatic rings. The number of carbonyl (C=O) groups excluding carboxylic acids is 2. The van der Waals surface area contributed by atoms with Crippen molar-refractivity contribution in [3.05, 3.63) is 89.0 Å². The summed E-state index contributed by atoms with van der Waals surface area (Å²) in [5.74, 6) is 0.569. The Morgan fingerprint density at radius 1 is 0.744 bits per heavy atom. The summed E-state index contributed by atoms with van der Waals surface area (Å²) in [5.41, 5.74) is 0.435. The lowest BCUT2D eigenvalue weighted by atomic mass is 9.96. The van der Waals surface area contributed by atoms with Gasteiger partial charge in [-0.2, -0.15) is 13.2 Å². The Hall–Kier alpha value is -4.71. The first-order valence-electron chi connectivity index (χ1n) is 13.2. The number of benzene rings is 3. The highest BCUT2D eigenvalue weighted by atomic mass is 19.4. The van der Waals surface area contributed by atoms with Gasteiger partial charge in [0.25, 0.3) is 5.91 Å². The first-order valence-corrected chi connectivity index (χ1v) is 13.2. The zero-order chi connectivity index (χ0) is 31.1. The molecule has 228 valence electrons. The molecule has 0 N–H and O–H groups in total. The maximum absolute atomic E-state index is 13.4. The van der Waals surface area contributed by atoms with Crippen molar-refractivity contribution in [3.63, 3.8) is 0 Å². The number of hydrogen-bond donors (Lipinski definition) is 0. The van der Waals surface area contributed by atoms with Gasteiger partial charge in [-0.05, 0) is 53.1 Å². The molecule has 1 heterocycles. The molecule has 1 fully saturated rings. The van der Waals surface area contributed by atoms with Gasteiger partial charge in [0.2, 0.25) is 5.75 Å². The summed E-state index contributed by atoms with van der Waals surface area (Å²) < 4.78 is 61.5. The van der Waals surface area contributed by atoms with E-state index in [1.54, 1.807) is 41.3 Å². The summed E-state index contributed by atoms with van der Waals surface area (Å²) in [6.45, 7) is 0.950. The van der Waals surface area contributed by atoms with Gasteiger partial charge in [0.05, 0.1) is 47.1 Å². The van der Waals surface area contributed by atoms with Crippen molar-refractivity contribution in [2.24, 2.45) is 0 Å². The topological polar surface area (TPSA) is 86.8 Å². The number of carbonyl (C=O) groups is 2. The molecule has 0 atom stereocenters. The molecule has 3 aromatic rings. The molecule has 4 rings (SSSR count). The zero-order valence-corrected chi connectivity index (χ0v) is 24.1. The Bertz CT molecular complexity index is 1460. The van der Waals surface area contributed by atoms with Gasteiger partial charge in [0.1, 0.15) is 5.75 Å². The number of methoxy groups -OCH3 is 4. The Kier molecular flexibility index (Phi) is 9.81. The van der Waals surface area contributed by atoms with E-state index in [9.17, 15) is 22.8 Å². The highest BCUT2D eigenvalue weighted by Crippen LogP contribution is 2.38. The van der Waals surface area contributed by atoms with E-state index in [0.29, 0.717) is 34.1 Å². The first kappa shape index (κ1) is 31.2. The minimum atomic E-state index is -4.55. The fourth-order valence-electron chi connectivity index (χ4n) is 4.61. The summed E-state index contributed by atoms with van der Waals surface area (Å²) in [5, 5.41) is 1.41. The van der Waals surface area contributed by atoms with Crippen LogP contribution in [0, 0.1) is 0 Å². The molecule has 0 bridgehead atoms. The predicted octanol–water partition coefficient (Wildman–Crippen LogP) is 5.09. The zero-order valence-electron chi connectivity index (χ0n) is 24.1.